The van der Waals surface area contributed by atoms with E-state index in [0.29, 0.717) is 18.0 Å². The van der Waals surface area contributed by atoms with Crippen LogP contribution < -0.4 is 0 Å². The summed E-state index contributed by atoms with van der Waals surface area (Å²) in [5.41, 5.74) is -0.629. The molecule has 1 aliphatic heterocycles. The van der Waals surface area contributed by atoms with Crippen molar-refractivity contribution in [1.29, 1.82) is 0 Å². The van der Waals surface area contributed by atoms with Crippen molar-refractivity contribution in [3.05, 3.63) is 35.9 Å². The molecule has 1 aromatic rings. The first-order chi connectivity index (χ1) is 11.5. The lowest BCUT2D eigenvalue weighted by Crippen LogP contribution is -2.42. The summed E-state index contributed by atoms with van der Waals surface area (Å²) in [6.45, 7) is 0.436. The minimum Gasteiger partial charge on any atom is -0.481 e. The van der Waals surface area contributed by atoms with E-state index in [-0.39, 0.29) is 24.7 Å². The van der Waals surface area contributed by atoms with Crippen molar-refractivity contribution >= 4 is 17.8 Å². The number of rotatable bonds is 5. The van der Waals surface area contributed by atoms with E-state index < -0.39 is 11.4 Å². The summed E-state index contributed by atoms with van der Waals surface area (Å²) in [5.74, 6) is -1.29. The molecule has 24 heavy (non-hydrogen) atoms. The Hall–Kier alpha value is -2.17. The molecule has 5 heteroatoms. The number of imide groups is 1. The zero-order valence-corrected chi connectivity index (χ0v) is 13.7. The second kappa shape index (κ2) is 6.75. The monoisotopic (exact) mass is 329 g/mol. The molecule has 0 aromatic heterocycles. The quantitative estimate of drug-likeness (QED) is 0.843. The molecule has 2 aliphatic rings. The number of amides is 2. The Morgan fingerprint density at radius 2 is 1.79 bits per heavy atom. The number of carboxylic acids is 1. The van der Waals surface area contributed by atoms with Gasteiger partial charge in [-0.25, -0.2) is 0 Å². The van der Waals surface area contributed by atoms with Crippen molar-refractivity contribution < 1.29 is 19.5 Å². The summed E-state index contributed by atoms with van der Waals surface area (Å²) in [5, 5.41) is 9.33. The number of likely N-dealkylation sites (tertiary alicyclic amines) is 1. The van der Waals surface area contributed by atoms with Gasteiger partial charge < -0.3 is 5.11 Å². The van der Waals surface area contributed by atoms with Crippen LogP contribution in [0.4, 0.5) is 0 Å². The van der Waals surface area contributed by atoms with Crippen molar-refractivity contribution in [2.24, 2.45) is 5.92 Å². The average Bonchev–Trinajstić information content (AvgIpc) is 2.81. The zero-order chi connectivity index (χ0) is 17.2. The van der Waals surface area contributed by atoms with Crippen LogP contribution in [-0.4, -0.2) is 34.3 Å². The third kappa shape index (κ3) is 3.07. The number of carbonyl (C=O) groups excluding carboxylic acids is 2. The van der Waals surface area contributed by atoms with Gasteiger partial charge in [0.1, 0.15) is 0 Å². The van der Waals surface area contributed by atoms with E-state index in [9.17, 15) is 19.5 Å². The highest BCUT2D eigenvalue weighted by Crippen LogP contribution is 2.40. The molecule has 1 aromatic carbocycles. The van der Waals surface area contributed by atoms with E-state index in [1.54, 1.807) is 24.3 Å². The second-order valence-electron chi connectivity index (χ2n) is 7.01. The number of nitrogens with zero attached hydrogens (tertiary/aromatic N) is 1. The van der Waals surface area contributed by atoms with Gasteiger partial charge in [-0.15, -0.1) is 0 Å². The summed E-state index contributed by atoms with van der Waals surface area (Å²) in [6.07, 6.45) is 5.17. The molecule has 2 fully saturated rings. The SMILES string of the molecule is O=C(O)CC1(c2ccccc2)CC(=O)N(CC2CCCCC2)C1=O. The van der Waals surface area contributed by atoms with E-state index in [1.807, 2.05) is 6.07 Å². The first-order valence-corrected chi connectivity index (χ1v) is 8.65. The van der Waals surface area contributed by atoms with Crippen molar-refractivity contribution in [3.63, 3.8) is 0 Å². The van der Waals surface area contributed by atoms with Crippen LogP contribution in [-0.2, 0) is 19.8 Å². The molecule has 0 bridgehead atoms. The van der Waals surface area contributed by atoms with E-state index in [0.717, 1.165) is 25.7 Å². The molecular weight excluding hydrogens is 306 g/mol. The summed E-state index contributed by atoms with van der Waals surface area (Å²) in [6, 6.07) is 8.87. The lowest BCUT2D eigenvalue weighted by molar-refractivity contribution is -0.145. The molecular formula is C19H23NO4. The van der Waals surface area contributed by atoms with Crippen molar-refractivity contribution in [2.45, 2.75) is 50.4 Å². The van der Waals surface area contributed by atoms with Crippen LogP contribution in [0.3, 0.4) is 0 Å². The van der Waals surface area contributed by atoms with E-state index in [2.05, 4.69) is 0 Å². The fourth-order valence-corrected chi connectivity index (χ4v) is 4.09. The van der Waals surface area contributed by atoms with Gasteiger partial charge in [-0.3, -0.25) is 19.3 Å². The van der Waals surface area contributed by atoms with Gasteiger partial charge in [0.05, 0.1) is 11.8 Å². The molecule has 1 saturated carbocycles. The van der Waals surface area contributed by atoms with Crippen molar-refractivity contribution in [3.8, 4) is 0 Å². The topological polar surface area (TPSA) is 74.7 Å². The third-order valence-electron chi connectivity index (χ3n) is 5.35. The molecule has 2 amide bonds. The van der Waals surface area contributed by atoms with E-state index >= 15 is 0 Å². The van der Waals surface area contributed by atoms with Gasteiger partial charge in [0.2, 0.25) is 11.8 Å². The van der Waals surface area contributed by atoms with Crippen molar-refractivity contribution in [2.75, 3.05) is 6.54 Å². The largest absolute Gasteiger partial charge is 0.481 e. The lowest BCUT2D eigenvalue weighted by atomic mass is 9.76. The smallest absolute Gasteiger partial charge is 0.304 e. The number of benzene rings is 1. The van der Waals surface area contributed by atoms with Crippen LogP contribution in [0.15, 0.2) is 30.3 Å². The second-order valence-corrected chi connectivity index (χ2v) is 7.01. The number of hydrogen-bond donors (Lipinski definition) is 1. The average molecular weight is 329 g/mol. The third-order valence-corrected chi connectivity index (χ3v) is 5.35. The van der Waals surface area contributed by atoms with Crippen LogP contribution in [0.2, 0.25) is 0 Å². The maximum atomic E-state index is 13.1. The molecule has 3 rings (SSSR count). The summed E-state index contributed by atoms with van der Waals surface area (Å²) in [7, 11) is 0. The molecule has 1 saturated heterocycles. The fraction of sp³-hybridized carbons (Fsp3) is 0.526. The molecule has 5 nitrogen and oxygen atoms in total. The van der Waals surface area contributed by atoms with E-state index in [1.165, 1.54) is 11.3 Å². The molecule has 0 spiro atoms. The standard InChI is InChI=1S/C19H23NO4/c21-16-11-19(12-17(22)23,15-9-5-2-6-10-15)18(24)20(16)13-14-7-3-1-4-8-14/h2,5-6,9-10,14H,1,3-4,7-8,11-13H2,(H,22,23). The number of carbonyl (C=O) groups is 3. The van der Waals surface area contributed by atoms with Gasteiger partial charge >= 0.3 is 5.97 Å². The molecule has 1 N–H and O–H groups in total. The van der Waals surface area contributed by atoms with Gasteiger partial charge in [-0.2, -0.15) is 0 Å². The number of carboxylic acid groups (broad SMARTS) is 1. The lowest BCUT2D eigenvalue weighted by Gasteiger charge is -2.29. The van der Waals surface area contributed by atoms with Crippen molar-refractivity contribution in [1.82, 2.24) is 4.90 Å². The normalized spacial score (nSPS) is 25.2. The van der Waals surface area contributed by atoms with Gasteiger partial charge in [0.25, 0.3) is 0 Å². The zero-order valence-electron chi connectivity index (χ0n) is 13.7. The predicted octanol–water partition coefficient (Wildman–Crippen LogP) is 2.74. The van der Waals surface area contributed by atoms with Crippen LogP contribution in [0, 0.1) is 5.92 Å². The van der Waals surface area contributed by atoms with Gasteiger partial charge in [-0.05, 0) is 24.3 Å². The molecule has 0 radical (unpaired) electrons. The summed E-state index contributed by atoms with van der Waals surface area (Å²) < 4.78 is 0. The van der Waals surface area contributed by atoms with Crippen LogP contribution >= 0.6 is 0 Å². The predicted molar refractivity (Wildman–Crippen MR) is 88.3 cm³/mol. The summed E-state index contributed by atoms with van der Waals surface area (Å²) in [4.78, 5) is 38.4. The number of aliphatic carboxylic acids is 1. The Balaban J connectivity index is 1.88. The Morgan fingerprint density at radius 3 is 2.42 bits per heavy atom. The molecule has 1 unspecified atom stereocenters. The minimum absolute atomic E-state index is 0.0468. The Morgan fingerprint density at radius 1 is 1.12 bits per heavy atom. The highest BCUT2D eigenvalue weighted by Gasteiger charge is 2.54. The first kappa shape index (κ1) is 16.7. The molecule has 1 aliphatic carbocycles. The molecule has 128 valence electrons. The Kier molecular flexibility index (Phi) is 4.69. The van der Waals surface area contributed by atoms with Gasteiger partial charge in [-0.1, -0.05) is 49.6 Å². The fourth-order valence-electron chi connectivity index (χ4n) is 4.09. The first-order valence-electron chi connectivity index (χ1n) is 8.65. The highest BCUT2D eigenvalue weighted by atomic mass is 16.4. The van der Waals surface area contributed by atoms with Gasteiger partial charge in [0, 0.05) is 13.0 Å². The van der Waals surface area contributed by atoms with Crippen LogP contribution in [0.5, 0.6) is 0 Å². The van der Waals surface area contributed by atoms with Crippen LogP contribution in [0.1, 0.15) is 50.5 Å². The highest BCUT2D eigenvalue weighted by molar-refractivity contribution is 6.10. The van der Waals surface area contributed by atoms with Crippen LogP contribution in [0.25, 0.3) is 0 Å². The Labute approximate surface area is 141 Å². The molecule has 1 atom stereocenters. The molecule has 1 heterocycles. The number of hydrogen-bond acceptors (Lipinski definition) is 3. The van der Waals surface area contributed by atoms with E-state index in [4.69, 9.17) is 0 Å². The van der Waals surface area contributed by atoms with Gasteiger partial charge in [0.15, 0.2) is 0 Å². The minimum atomic E-state index is -1.25. The summed E-state index contributed by atoms with van der Waals surface area (Å²) >= 11 is 0. The maximum Gasteiger partial charge on any atom is 0.304 e. The Bertz CT molecular complexity index is 636. The maximum absolute atomic E-state index is 13.1.